The highest BCUT2D eigenvalue weighted by atomic mass is 19.4. The third kappa shape index (κ3) is 4.75. The fraction of sp³-hybridized carbons (Fsp3) is 0.333. The minimum Gasteiger partial charge on any atom is -0.406 e. The predicted octanol–water partition coefficient (Wildman–Crippen LogP) is 3.67. The van der Waals surface area contributed by atoms with Gasteiger partial charge in [-0.2, -0.15) is 18.3 Å². The van der Waals surface area contributed by atoms with E-state index in [1.807, 2.05) is 0 Å². The highest BCUT2D eigenvalue weighted by Crippen LogP contribution is 2.40. The summed E-state index contributed by atoms with van der Waals surface area (Å²) < 4.78 is 83.4. The number of allylic oxidation sites excluding steroid dienone is 1. The lowest BCUT2D eigenvalue weighted by atomic mass is 10.0. The molecule has 0 fully saturated rings. The summed E-state index contributed by atoms with van der Waals surface area (Å²) in [6, 6.07) is 2.08. The van der Waals surface area contributed by atoms with E-state index < -0.39 is 37.1 Å². The number of aryl methyl sites for hydroxylation is 1. The van der Waals surface area contributed by atoms with E-state index in [2.05, 4.69) is 14.8 Å². The van der Waals surface area contributed by atoms with Gasteiger partial charge in [-0.3, -0.25) is 9.67 Å². The molecule has 1 unspecified atom stereocenters. The van der Waals surface area contributed by atoms with Gasteiger partial charge in [0.05, 0.1) is 12.8 Å². The number of nitrogens with zero attached hydrogens (tertiary/aromatic N) is 4. The smallest absolute Gasteiger partial charge is 0.406 e. The molecule has 1 aliphatic rings. The molecule has 0 aliphatic carbocycles. The van der Waals surface area contributed by atoms with Crippen molar-refractivity contribution in [3.63, 3.8) is 0 Å². The zero-order valence-electron chi connectivity index (χ0n) is 15.4. The molecule has 1 N–H and O–H groups in total. The summed E-state index contributed by atoms with van der Waals surface area (Å²) in [6.45, 7) is -1.25. The highest BCUT2D eigenvalue weighted by molar-refractivity contribution is 5.86. The van der Waals surface area contributed by atoms with Crippen LogP contribution in [-0.4, -0.2) is 51.2 Å². The molecule has 1 aromatic heterocycles. The molecule has 2 aromatic rings. The molecule has 0 saturated heterocycles. The largest absolute Gasteiger partial charge is 0.573 e. The van der Waals surface area contributed by atoms with Crippen LogP contribution in [0.1, 0.15) is 17.3 Å². The molecule has 0 spiro atoms. The van der Waals surface area contributed by atoms with Crippen LogP contribution < -0.4 is 4.74 Å². The molecule has 162 valence electrons. The van der Waals surface area contributed by atoms with Crippen molar-refractivity contribution in [1.82, 2.24) is 14.7 Å². The zero-order valence-corrected chi connectivity index (χ0v) is 15.4. The molecule has 2 heterocycles. The number of aromatic nitrogens is 2. The summed E-state index contributed by atoms with van der Waals surface area (Å²) >= 11 is 0. The fourth-order valence-electron chi connectivity index (χ4n) is 3.07. The van der Waals surface area contributed by atoms with Gasteiger partial charge in [-0.15, -0.1) is 13.2 Å². The van der Waals surface area contributed by atoms with Crippen LogP contribution in [0.4, 0.5) is 26.3 Å². The van der Waals surface area contributed by atoms with Crippen molar-refractivity contribution in [3.05, 3.63) is 53.9 Å². The van der Waals surface area contributed by atoms with Crippen molar-refractivity contribution >= 4 is 11.9 Å². The van der Waals surface area contributed by atoms with E-state index in [1.165, 1.54) is 41.5 Å². The van der Waals surface area contributed by atoms with Gasteiger partial charge in [-0.25, -0.2) is 0 Å². The van der Waals surface area contributed by atoms with Gasteiger partial charge in [0.15, 0.2) is 12.2 Å². The number of ether oxygens (including phenoxy) is 1. The third-order valence-electron chi connectivity index (χ3n) is 4.29. The molecule has 3 rings (SSSR count). The van der Waals surface area contributed by atoms with Crippen molar-refractivity contribution in [1.29, 1.82) is 0 Å². The standard InChI is InChI=1S/C18H16F6N4O2/c1-27-9-12(8-26-27)16-25-7-6-14(28(16)15(10-29)17(19,20)21)11-2-4-13(5-3-11)30-18(22,23)24/h2-9,15-16,29H,10H2,1H3/t15-,16?/m1/s1. The lowest BCUT2D eigenvalue weighted by molar-refractivity contribution is -0.274. The monoisotopic (exact) mass is 434 g/mol. The van der Waals surface area contributed by atoms with E-state index >= 15 is 0 Å². The normalized spacial score (nSPS) is 18.3. The number of halogens is 6. The first-order chi connectivity index (χ1) is 14.0. The van der Waals surface area contributed by atoms with E-state index in [0.29, 0.717) is 5.56 Å². The second kappa shape index (κ2) is 8.01. The molecular weight excluding hydrogens is 418 g/mol. The number of alkyl halides is 6. The van der Waals surface area contributed by atoms with Crippen molar-refractivity contribution in [2.75, 3.05) is 6.61 Å². The van der Waals surface area contributed by atoms with Crippen molar-refractivity contribution in [2.24, 2.45) is 12.0 Å². The van der Waals surface area contributed by atoms with Gasteiger partial charge < -0.3 is 14.7 Å². The Labute approximate surface area is 166 Å². The van der Waals surface area contributed by atoms with Gasteiger partial charge in [0.2, 0.25) is 0 Å². The summed E-state index contributed by atoms with van der Waals surface area (Å²) in [5, 5.41) is 13.5. The van der Waals surface area contributed by atoms with Crippen LogP contribution in [0.25, 0.3) is 5.70 Å². The molecule has 1 aliphatic heterocycles. The average Bonchev–Trinajstić information content (AvgIpc) is 3.07. The van der Waals surface area contributed by atoms with Gasteiger partial charge in [0, 0.05) is 30.7 Å². The number of aliphatic hydroxyl groups is 1. The predicted molar refractivity (Wildman–Crippen MR) is 94.3 cm³/mol. The molecule has 30 heavy (non-hydrogen) atoms. The van der Waals surface area contributed by atoms with Crippen molar-refractivity contribution in [2.45, 2.75) is 24.7 Å². The maximum atomic E-state index is 13.7. The van der Waals surface area contributed by atoms with Gasteiger partial charge in [-0.05, 0) is 35.9 Å². The average molecular weight is 434 g/mol. The summed E-state index contributed by atoms with van der Waals surface area (Å²) in [5.41, 5.74) is 0.556. The Morgan fingerprint density at radius 1 is 1.13 bits per heavy atom. The minimum atomic E-state index is -4.89. The summed E-state index contributed by atoms with van der Waals surface area (Å²) in [6.07, 6.45) is -5.42. The lowest BCUT2D eigenvalue weighted by Gasteiger charge is -2.40. The quantitative estimate of drug-likeness (QED) is 0.730. The summed E-state index contributed by atoms with van der Waals surface area (Å²) in [5.74, 6) is -0.513. The number of hydrogen-bond donors (Lipinski definition) is 1. The second-order valence-electron chi connectivity index (χ2n) is 6.39. The first-order valence-electron chi connectivity index (χ1n) is 8.53. The number of aliphatic hydroxyl groups excluding tert-OH is 1. The molecular formula is C18H16F6N4O2. The molecule has 0 radical (unpaired) electrons. The molecule has 0 amide bonds. The summed E-state index contributed by atoms with van der Waals surface area (Å²) in [7, 11) is 1.59. The topological polar surface area (TPSA) is 62.9 Å². The lowest BCUT2D eigenvalue weighted by Crippen LogP contribution is -2.49. The van der Waals surface area contributed by atoms with Crippen LogP contribution >= 0.6 is 0 Å². The molecule has 6 nitrogen and oxygen atoms in total. The third-order valence-corrected chi connectivity index (χ3v) is 4.29. The molecule has 12 heteroatoms. The van der Waals surface area contributed by atoms with E-state index in [0.717, 1.165) is 17.0 Å². The molecule has 0 saturated carbocycles. The number of benzene rings is 1. The van der Waals surface area contributed by atoms with E-state index in [4.69, 9.17) is 0 Å². The van der Waals surface area contributed by atoms with E-state index in [-0.39, 0.29) is 11.3 Å². The molecule has 0 bridgehead atoms. The van der Waals surface area contributed by atoms with E-state index in [9.17, 15) is 31.4 Å². The number of aliphatic imine (C=N–C) groups is 1. The van der Waals surface area contributed by atoms with Crippen LogP contribution in [0.5, 0.6) is 5.75 Å². The first kappa shape index (κ1) is 21.7. The Hall–Kier alpha value is -3.02. The fourth-order valence-corrected chi connectivity index (χ4v) is 3.07. The minimum absolute atomic E-state index is 0.0220. The van der Waals surface area contributed by atoms with Crippen LogP contribution in [0.3, 0.4) is 0 Å². The number of hydrogen-bond acceptors (Lipinski definition) is 5. The van der Waals surface area contributed by atoms with Crippen molar-refractivity contribution < 1.29 is 36.2 Å². The van der Waals surface area contributed by atoms with Gasteiger partial charge in [0.1, 0.15) is 5.75 Å². The summed E-state index contributed by atoms with van der Waals surface area (Å²) in [4.78, 5) is 4.98. The van der Waals surface area contributed by atoms with Gasteiger partial charge in [-0.1, -0.05) is 0 Å². The Kier molecular flexibility index (Phi) is 5.79. The van der Waals surface area contributed by atoms with Gasteiger partial charge in [0.25, 0.3) is 0 Å². The SMILES string of the molecule is Cn1cc(C2N=CC=C(c3ccc(OC(F)(F)F)cc3)N2[C@H](CO)C(F)(F)F)cn1. The maximum Gasteiger partial charge on any atom is 0.573 e. The maximum absolute atomic E-state index is 13.7. The van der Waals surface area contributed by atoms with Gasteiger partial charge >= 0.3 is 12.5 Å². The van der Waals surface area contributed by atoms with Crippen LogP contribution in [0.2, 0.25) is 0 Å². The molecule has 2 atom stereocenters. The zero-order chi connectivity index (χ0) is 22.1. The van der Waals surface area contributed by atoms with Crippen LogP contribution in [0.15, 0.2) is 47.7 Å². The van der Waals surface area contributed by atoms with E-state index in [1.54, 1.807) is 7.05 Å². The second-order valence-corrected chi connectivity index (χ2v) is 6.39. The van der Waals surface area contributed by atoms with Crippen LogP contribution in [0, 0.1) is 0 Å². The first-order valence-corrected chi connectivity index (χ1v) is 8.53. The van der Waals surface area contributed by atoms with Crippen molar-refractivity contribution in [3.8, 4) is 5.75 Å². The Bertz CT molecular complexity index is 933. The molecule has 1 aromatic carbocycles. The number of rotatable bonds is 5. The Balaban J connectivity index is 2.02. The Morgan fingerprint density at radius 2 is 1.80 bits per heavy atom. The highest BCUT2D eigenvalue weighted by Gasteiger charge is 2.47. The van der Waals surface area contributed by atoms with Crippen LogP contribution in [-0.2, 0) is 7.05 Å². The Morgan fingerprint density at radius 3 is 2.30 bits per heavy atom.